The molecule has 2 rings (SSSR count). The summed E-state index contributed by atoms with van der Waals surface area (Å²) in [4.78, 5) is 13.3. The van der Waals surface area contributed by atoms with Gasteiger partial charge in [-0.1, -0.05) is 12.1 Å². The molecule has 0 aliphatic carbocycles. The van der Waals surface area contributed by atoms with Crippen LogP contribution in [0.3, 0.4) is 0 Å². The van der Waals surface area contributed by atoms with Crippen molar-refractivity contribution in [3.05, 3.63) is 59.4 Å². The summed E-state index contributed by atoms with van der Waals surface area (Å²) in [5, 5.41) is 8.80. The van der Waals surface area contributed by atoms with E-state index in [1.807, 2.05) is 0 Å². The van der Waals surface area contributed by atoms with Crippen LogP contribution in [0.5, 0.6) is 0 Å². The first-order valence-corrected chi connectivity index (χ1v) is 6.55. The summed E-state index contributed by atoms with van der Waals surface area (Å²) >= 11 is 0. The van der Waals surface area contributed by atoms with Gasteiger partial charge in [0.2, 0.25) is 0 Å². The minimum absolute atomic E-state index is 0.144. The van der Waals surface area contributed by atoms with Gasteiger partial charge in [-0.25, -0.2) is 13.2 Å². The summed E-state index contributed by atoms with van der Waals surface area (Å²) in [5.74, 6) is -4.33. The highest BCUT2D eigenvalue weighted by Crippen LogP contribution is 2.24. The van der Waals surface area contributed by atoms with E-state index in [-0.39, 0.29) is 24.6 Å². The molecule has 6 heteroatoms. The quantitative estimate of drug-likeness (QED) is 0.882. The zero-order valence-corrected chi connectivity index (χ0v) is 11.8. The molecule has 0 aliphatic rings. The van der Waals surface area contributed by atoms with Crippen LogP contribution >= 0.6 is 0 Å². The van der Waals surface area contributed by atoms with Gasteiger partial charge in [0.15, 0.2) is 17.5 Å². The fraction of sp³-hybridized carbons (Fsp3) is 0.188. The predicted octanol–water partition coefficient (Wildman–Crippen LogP) is 2.84. The Kier molecular flexibility index (Phi) is 4.82. The van der Waals surface area contributed by atoms with Crippen LogP contribution in [0.15, 0.2) is 36.4 Å². The maximum Gasteiger partial charge on any atom is 0.253 e. The number of halogens is 3. The highest BCUT2D eigenvalue weighted by molar-refractivity contribution is 5.94. The molecule has 0 saturated heterocycles. The van der Waals surface area contributed by atoms with Gasteiger partial charge in [0.05, 0.1) is 6.61 Å². The Hall–Kier alpha value is -2.34. The normalized spacial score (nSPS) is 10.6. The maximum atomic E-state index is 13.2. The fourth-order valence-corrected chi connectivity index (χ4v) is 2.00. The number of likely N-dealkylation sites (N-methyl/N-ethyl adjacent to an activating group) is 1. The average Bonchev–Trinajstić information content (AvgIpc) is 2.51. The van der Waals surface area contributed by atoms with E-state index in [0.29, 0.717) is 11.1 Å². The van der Waals surface area contributed by atoms with Gasteiger partial charge < -0.3 is 10.0 Å². The number of carbonyl (C=O) groups excluding carboxylic acids is 1. The zero-order chi connectivity index (χ0) is 16.3. The van der Waals surface area contributed by atoms with Gasteiger partial charge in [0.1, 0.15) is 0 Å². The minimum atomic E-state index is -1.51. The Bertz CT molecular complexity index is 663. The Morgan fingerprint density at radius 1 is 1.05 bits per heavy atom. The lowest BCUT2D eigenvalue weighted by atomic mass is 10.0. The molecule has 22 heavy (non-hydrogen) atoms. The molecule has 0 spiro atoms. The summed E-state index contributed by atoms with van der Waals surface area (Å²) in [6, 6.07) is 7.84. The average molecular weight is 309 g/mol. The third kappa shape index (κ3) is 3.28. The van der Waals surface area contributed by atoms with Gasteiger partial charge in [0.25, 0.3) is 5.91 Å². The first-order valence-electron chi connectivity index (χ1n) is 6.55. The maximum absolute atomic E-state index is 13.2. The van der Waals surface area contributed by atoms with Crippen molar-refractivity contribution in [2.75, 3.05) is 20.2 Å². The van der Waals surface area contributed by atoms with E-state index in [1.165, 1.54) is 29.2 Å². The van der Waals surface area contributed by atoms with Crippen molar-refractivity contribution < 1.29 is 23.1 Å². The van der Waals surface area contributed by atoms with Crippen molar-refractivity contribution in [3.8, 4) is 11.1 Å². The van der Waals surface area contributed by atoms with E-state index >= 15 is 0 Å². The third-order valence-corrected chi connectivity index (χ3v) is 3.23. The molecule has 0 fully saturated rings. The second-order valence-corrected chi connectivity index (χ2v) is 4.78. The number of amides is 1. The zero-order valence-electron chi connectivity index (χ0n) is 11.8. The molecule has 0 unspecified atom stereocenters. The number of carbonyl (C=O) groups is 1. The first-order chi connectivity index (χ1) is 10.4. The Labute approximate surface area is 125 Å². The molecule has 0 aliphatic heterocycles. The number of hydrogen-bond donors (Lipinski definition) is 1. The van der Waals surface area contributed by atoms with Gasteiger partial charge in [-0.2, -0.15) is 0 Å². The molecular formula is C16H14F3NO2. The van der Waals surface area contributed by atoms with Crippen LogP contribution in [0.2, 0.25) is 0 Å². The molecular weight excluding hydrogens is 295 g/mol. The van der Waals surface area contributed by atoms with E-state index in [1.54, 1.807) is 7.05 Å². The van der Waals surface area contributed by atoms with E-state index in [9.17, 15) is 18.0 Å². The number of hydrogen-bond acceptors (Lipinski definition) is 2. The summed E-state index contributed by atoms with van der Waals surface area (Å²) in [6.45, 7) is 0.0590. The predicted molar refractivity (Wildman–Crippen MR) is 75.8 cm³/mol. The van der Waals surface area contributed by atoms with Crippen molar-refractivity contribution in [3.63, 3.8) is 0 Å². The summed E-state index contributed by atoms with van der Waals surface area (Å²) in [6.07, 6.45) is 0. The lowest BCUT2D eigenvalue weighted by molar-refractivity contribution is 0.0767. The summed E-state index contributed by atoms with van der Waals surface area (Å²) in [5.41, 5.74) is 1.01. The van der Waals surface area contributed by atoms with Gasteiger partial charge >= 0.3 is 0 Å². The van der Waals surface area contributed by atoms with Crippen molar-refractivity contribution in [1.82, 2.24) is 4.90 Å². The molecule has 0 bridgehead atoms. The van der Waals surface area contributed by atoms with Crippen LogP contribution in [-0.2, 0) is 0 Å². The highest BCUT2D eigenvalue weighted by Gasteiger charge is 2.13. The van der Waals surface area contributed by atoms with Gasteiger partial charge in [-0.05, 0) is 35.4 Å². The van der Waals surface area contributed by atoms with Gasteiger partial charge in [-0.15, -0.1) is 0 Å². The molecule has 0 radical (unpaired) electrons. The second-order valence-electron chi connectivity index (χ2n) is 4.78. The number of aliphatic hydroxyl groups is 1. The Morgan fingerprint density at radius 3 is 2.09 bits per heavy atom. The standard InChI is InChI=1S/C16H14F3NO2/c1-20(6-7-21)16(22)11-4-2-10(3-5-11)12-8-13(17)15(19)14(18)9-12/h2-5,8-9,21H,6-7H2,1H3. The number of rotatable bonds is 4. The summed E-state index contributed by atoms with van der Waals surface area (Å²) < 4.78 is 39.4. The highest BCUT2D eigenvalue weighted by atomic mass is 19.2. The number of aliphatic hydroxyl groups excluding tert-OH is 1. The van der Waals surface area contributed by atoms with Gasteiger partial charge in [-0.3, -0.25) is 4.79 Å². The molecule has 116 valence electrons. The van der Waals surface area contributed by atoms with Crippen molar-refractivity contribution in [1.29, 1.82) is 0 Å². The number of benzene rings is 2. The van der Waals surface area contributed by atoms with Crippen molar-refractivity contribution >= 4 is 5.91 Å². The fourth-order valence-electron chi connectivity index (χ4n) is 2.00. The molecule has 2 aromatic carbocycles. The van der Waals surface area contributed by atoms with E-state index < -0.39 is 17.5 Å². The van der Waals surface area contributed by atoms with Crippen LogP contribution in [0.4, 0.5) is 13.2 Å². The van der Waals surface area contributed by atoms with Crippen LogP contribution in [-0.4, -0.2) is 36.1 Å². The minimum Gasteiger partial charge on any atom is -0.395 e. The van der Waals surface area contributed by atoms with Crippen LogP contribution < -0.4 is 0 Å². The molecule has 3 nitrogen and oxygen atoms in total. The third-order valence-electron chi connectivity index (χ3n) is 3.23. The molecule has 2 aromatic rings. The largest absolute Gasteiger partial charge is 0.395 e. The molecule has 0 heterocycles. The van der Waals surface area contributed by atoms with Crippen molar-refractivity contribution in [2.45, 2.75) is 0 Å². The summed E-state index contributed by atoms with van der Waals surface area (Å²) in [7, 11) is 1.55. The molecule has 0 aromatic heterocycles. The molecule has 1 N–H and O–H groups in total. The lowest BCUT2D eigenvalue weighted by Gasteiger charge is -2.15. The molecule has 0 saturated carbocycles. The van der Waals surface area contributed by atoms with Crippen LogP contribution in [0, 0.1) is 17.5 Å². The van der Waals surface area contributed by atoms with Crippen LogP contribution in [0.25, 0.3) is 11.1 Å². The van der Waals surface area contributed by atoms with Crippen LogP contribution in [0.1, 0.15) is 10.4 Å². The topological polar surface area (TPSA) is 40.5 Å². The second kappa shape index (κ2) is 6.62. The van der Waals surface area contributed by atoms with E-state index in [0.717, 1.165) is 12.1 Å². The van der Waals surface area contributed by atoms with Crippen molar-refractivity contribution in [2.24, 2.45) is 0 Å². The monoisotopic (exact) mass is 309 g/mol. The van der Waals surface area contributed by atoms with Gasteiger partial charge in [0, 0.05) is 19.2 Å². The van der Waals surface area contributed by atoms with E-state index in [4.69, 9.17) is 5.11 Å². The Balaban J connectivity index is 2.27. The SMILES string of the molecule is CN(CCO)C(=O)c1ccc(-c2cc(F)c(F)c(F)c2)cc1. The molecule has 1 amide bonds. The van der Waals surface area contributed by atoms with E-state index in [2.05, 4.69) is 0 Å². The smallest absolute Gasteiger partial charge is 0.253 e. The molecule has 0 atom stereocenters. The number of nitrogens with zero attached hydrogens (tertiary/aromatic N) is 1. The lowest BCUT2D eigenvalue weighted by Crippen LogP contribution is -2.29. The Morgan fingerprint density at radius 2 is 1.59 bits per heavy atom. The first kappa shape index (κ1) is 16.0.